The van der Waals surface area contributed by atoms with Crippen molar-refractivity contribution in [2.24, 2.45) is 0 Å². The van der Waals surface area contributed by atoms with E-state index in [2.05, 4.69) is 15.7 Å². The van der Waals surface area contributed by atoms with Crippen molar-refractivity contribution >= 4 is 29.3 Å². The van der Waals surface area contributed by atoms with Gasteiger partial charge in [0.05, 0.1) is 30.5 Å². The topological polar surface area (TPSA) is 164 Å². The first kappa shape index (κ1) is 24.7. The van der Waals surface area contributed by atoms with Gasteiger partial charge in [-0.15, -0.1) is 0 Å². The fourth-order valence-corrected chi connectivity index (χ4v) is 2.81. The third-order valence-corrected chi connectivity index (χ3v) is 4.43. The van der Waals surface area contributed by atoms with Crippen LogP contribution in [0, 0.1) is 10.1 Å². The molecule has 0 aliphatic heterocycles. The van der Waals surface area contributed by atoms with Gasteiger partial charge >= 0.3 is 12.0 Å². The van der Waals surface area contributed by atoms with E-state index in [0.717, 1.165) is 0 Å². The summed E-state index contributed by atoms with van der Waals surface area (Å²) >= 11 is 0. The highest BCUT2D eigenvalue weighted by Gasteiger charge is 2.22. The van der Waals surface area contributed by atoms with Gasteiger partial charge in [0.15, 0.2) is 12.4 Å². The van der Waals surface area contributed by atoms with Gasteiger partial charge in [-0.25, -0.2) is 14.3 Å². The van der Waals surface area contributed by atoms with Crippen LogP contribution in [0.15, 0.2) is 54.7 Å². The van der Waals surface area contributed by atoms with Crippen LogP contribution in [-0.2, 0) is 9.53 Å². The minimum Gasteiger partial charge on any atom is -0.497 e. The number of benzene rings is 2. The standard InChI is InChI=1S/C22H21N5O8/c1-3-34-21(29)20-18(12-26(25-20)15-6-8-16(9-7-15)27(31)32)35-13-19(28)24-22(30)23-14-4-10-17(33-2)11-5-14/h4-12H,3,13H2,1-2H3,(H2,23,24,28,30). The SMILES string of the molecule is CCOC(=O)c1nn(-c2ccc([N+](=O)[O-])cc2)cc1OCC(=O)NC(=O)Nc1ccc(OC)cc1. The molecule has 2 aromatic carbocycles. The Bertz CT molecular complexity index is 1220. The van der Waals surface area contributed by atoms with E-state index in [1.165, 1.54) is 42.3 Å². The number of aromatic nitrogens is 2. The van der Waals surface area contributed by atoms with Crippen molar-refractivity contribution in [3.63, 3.8) is 0 Å². The van der Waals surface area contributed by atoms with Crippen molar-refractivity contribution < 1.29 is 33.5 Å². The molecule has 0 aliphatic rings. The maximum atomic E-state index is 12.3. The number of nitrogens with zero attached hydrogens (tertiary/aromatic N) is 3. The van der Waals surface area contributed by atoms with Crippen LogP contribution >= 0.6 is 0 Å². The summed E-state index contributed by atoms with van der Waals surface area (Å²) in [6.45, 7) is 1.09. The lowest BCUT2D eigenvalue weighted by Gasteiger charge is -2.08. The number of rotatable bonds is 9. The van der Waals surface area contributed by atoms with Gasteiger partial charge in [-0.05, 0) is 43.3 Å². The Morgan fingerprint density at radius 2 is 1.77 bits per heavy atom. The van der Waals surface area contributed by atoms with Crippen molar-refractivity contribution in [2.75, 3.05) is 25.6 Å². The first-order chi connectivity index (χ1) is 16.8. The van der Waals surface area contributed by atoms with Crippen molar-refractivity contribution in [3.05, 3.63) is 70.5 Å². The first-order valence-electron chi connectivity index (χ1n) is 10.2. The molecule has 0 saturated carbocycles. The zero-order valence-corrected chi connectivity index (χ0v) is 18.7. The van der Waals surface area contributed by atoms with E-state index in [-0.39, 0.29) is 23.7 Å². The Morgan fingerprint density at radius 1 is 1.09 bits per heavy atom. The van der Waals surface area contributed by atoms with Crippen LogP contribution in [0.5, 0.6) is 11.5 Å². The molecular formula is C22H21N5O8. The van der Waals surface area contributed by atoms with E-state index in [1.807, 2.05) is 0 Å². The molecule has 0 atom stereocenters. The third kappa shape index (κ3) is 6.54. The zero-order valence-electron chi connectivity index (χ0n) is 18.7. The van der Waals surface area contributed by atoms with Gasteiger partial charge in [-0.2, -0.15) is 5.10 Å². The quantitative estimate of drug-likeness (QED) is 0.264. The minimum atomic E-state index is -0.791. The lowest BCUT2D eigenvalue weighted by atomic mass is 10.3. The van der Waals surface area contributed by atoms with Crippen molar-refractivity contribution in [2.45, 2.75) is 6.92 Å². The highest BCUT2D eigenvalue weighted by Crippen LogP contribution is 2.22. The van der Waals surface area contributed by atoms with E-state index in [0.29, 0.717) is 17.1 Å². The second kappa shape index (κ2) is 11.3. The van der Waals surface area contributed by atoms with Crippen molar-refractivity contribution in [1.82, 2.24) is 15.1 Å². The fraction of sp³-hybridized carbons (Fsp3) is 0.182. The molecule has 3 rings (SSSR count). The Hall–Kier alpha value is -4.94. The summed E-state index contributed by atoms with van der Waals surface area (Å²) in [5, 5.41) is 19.6. The molecule has 0 fully saturated rings. The number of imide groups is 1. The summed E-state index contributed by atoms with van der Waals surface area (Å²) in [6.07, 6.45) is 1.32. The largest absolute Gasteiger partial charge is 0.497 e. The zero-order chi connectivity index (χ0) is 25.4. The van der Waals surface area contributed by atoms with Crippen molar-refractivity contribution in [1.29, 1.82) is 0 Å². The molecule has 13 nitrogen and oxygen atoms in total. The predicted molar refractivity (Wildman–Crippen MR) is 122 cm³/mol. The predicted octanol–water partition coefficient (Wildman–Crippen LogP) is 2.69. The van der Waals surface area contributed by atoms with Crippen LogP contribution in [-0.4, -0.2) is 52.9 Å². The highest BCUT2D eigenvalue weighted by molar-refractivity contribution is 6.01. The number of urea groups is 1. The molecule has 3 amide bonds. The second-order valence-electron chi connectivity index (χ2n) is 6.80. The summed E-state index contributed by atoms with van der Waals surface area (Å²) in [7, 11) is 1.51. The van der Waals surface area contributed by atoms with Gasteiger partial charge in [-0.3, -0.25) is 20.2 Å². The molecule has 0 unspecified atom stereocenters. The summed E-state index contributed by atoms with van der Waals surface area (Å²) < 4.78 is 16.7. The summed E-state index contributed by atoms with van der Waals surface area (Å²) in [5.41, 5.74) is 0.513. The van der Waals surface area contributed by atoms with Crippen molar-refractivity contribution in [3.8, 4) is 17.2 Å². The molecule has 0 radical (unpaired) electrons. The Balaban J connectivity index is 1.67. The molecule has 3 aromatic rings. The molecule has 13 heteroatoms. The van der Waals surface area contributed by atoms with Gasteiger partial charge in [0.25, 0.3) is 11.6 Å². The molecular weight excluding hydrogens is 462 g/mol. The van der Waals surface area contributed by atoms with Crippen LogP contribution < -0.4 is 20.1 Å². The number of ether oxygens (including phenoxy) is 3. The number of nitrogens with one attached hydrogen (secondary N) is 2. The van der Waals surface area contributed by atoms with Gasteiger partial charge in [-0.1, -0.05) is 0 Å². The van der Waals surface area contributed by atoms with E-state index in [1.54, 1.807) is 31.2 Å². The average molecular weight is 483 g/mol. The number of amides is 3. The summed E-state index contributed by atoms with van der Waals surface area (Å²) in [6, 6.07) is 11.1. The van der Waals surface area contributed by atoms with Crippen LogP contribution in [0.2, 0.25) is 0 Å². The first-order valence-corrected chi connectivity index (χ1v) is 10.2. The number of hydrogen-bond acceptors (Lipinski definition) is 9. The number of carbonyl (C=O) groups is 3. The lowest BCUT2D eigenvalue weighted by Crippen LogP contribution is -2.37. The normalized spacial score (nSPS) is 10.2. The van der Waals surface area contributed by atoms with E-state index < -0.39 is 29.4 Å². The molecule has 182 valence electrons. The number of methoxy groups -OCH3 is 1. The number of nitro groups is 1. The van der Waals surface area contributed by atoms with Crippen LogP contribution in [0.1, 0.15) is 17.4 Å². The molecule has 1 aromatic heterocycles. The molecule has 1 heterocycles. The Labute approximate surface area is 198 Å². The molecule has 35 heavy (non-hydrogen) atoms. The number of anilines is 1. The van der Waals surface area contributed by atoms with E-state index >= 15 is 0 Å². The molecule has 0 spiro atoms. The molecule has 2 N–H and O–H groups in total. The molecule has 0 aliphatic carbocycles. The number of hydrogen-bond donors (Lipinski definition) is 2. The molecule has 0 bridgehead atoms. The Kier molecular flexibility index (Phi) is 7.95. The second-order valence-corrected chi connectivity index (χ2v) is 6.80. The van der Waals surface area contributed by atoms with Crippen LogP contribution in [0.25, 0.3) is 5.69 Å². The highest BCUT2D eigenvalue weighted by atomic mass is 16.6. The number of esters is 1. The third-order valence-electron chi connectivity index (χ3n) is 4.43. The van der Waals surface area contributed by atoms with Gasteiger partial charge in [0.1, 0.15) is 5.75 Å². The van der Waals surface area contributed by atoms with Crippen LogP contribution in [0.3, 0.4) is 0 Å². The van der Waals surface area contributed by atoms with Gasteiger partial charge in [0.2, 0.25) is 5.69 Å². The average Bonchev–Trinajstić information content (AvgIpc) is 3.28. The number of carbonyl (C=O) groups excluding carboxylic acids is 3. The minimum absolute atomic E-state index is 0.0764. The summed E-state index contributed by atoms with van der Waals surface area (Å²) in [4.78, 5) is 46.8. The van der Waals surface area contributed by atoms with Crippen LogP contribution in [0.4, 0.5) is 16.2 Å². The monoisotopic (exact) mass is 483 g/mol. The maximum absolute atomic E-state index is 12.3. The van der Waals surface area contributed by atoms with Gasteiger partial charge in [0, 0.05) is 17.8 Å². The number of nitro benzene ring substituents is 1. The van der Waals surface area contributed by atoms with E-state index in [9.17, 15) is 24.5 Å². The fourth-order valence-electron chi connectivity index (χ4n) is 2.81. The smallest absolute Gasteiger partial charge is 0.362 e. The summed E-state index contributed by atoms with van der Waals surface area (Å²) in [5.74, 6) is -1.05. The Morgan fingerprint density at radius 3 is 2.37 bits per heavy atom. The van der Waals surface area contributed by atoms with Gasteiger partial charge < -0.3 is 19.5 Å². The lowest BCUT2D eigenvalue weighted by molar-refractivity contribution is -0.384. The number of non-ortho nitro benzene ring substituents is 1. The van der Waals surface area contributed by atoms with E-state index in [4.69, 9.17) is 14.2 Å². The maximum Gasteiger partial charge on any atom is 0.362 e. The molecule has 0 saturated heterocycles.